The molecule has 0 unspecified atom stereocenters. The minimum atomic E-state index is -1.05. The molecule has 5 heteroatoms. The monoisotopic (exact) mass is 414 g/mol. The molecular formula is C21H23BrN2O2. The number of imide groups is 1. The molecule has 1 atom stereocenters. The van der Waals surface area contributed by atoms with Crippen LogP contribution in [0.1, 0.15) is 44.4 Å². The summed E-state index contributed by atoms with van der Waals surface area (Å²) < 4.78 is 0.870. The summed E-state index contributed by atoms with van der Waals surface area (Å²) in [6, 6.07) is 15.2. The topological polar surface area (TPSA) is 49.4 Å². The van der Waals surface area contributed by atoms with Gasteiger partial charge in [-0.2, -0.15) is 0 Å². The summed E-state index contributed by atoms with van der Waals surface area (Å²) in [6.07, 6.45) is 0. The van der Waals surface area contributed by atoms with Gasteiger partial charge < -0.3 is 5.32 Å². The van der Waals surface area contributed by atoms with Gasteiger partial charge in [-0.1, -0.05) is 73.1 Å². The average Bonchev–Trinajstić information content (AvgIpc) is 2.79. The summed E-state index contributed by atoms with van der Waals surface area (Å²) >= 11 is 3.42. The molecule has 26 heavy (non-hydrogen) atoms. The first kappa shape index (κ1) is 18.6. The third kappa shape index (κ3) is 3.40. The first-order chi connectivity index (χ1) is 12.1. The molecule has 1 aliphatic rings. The molecule has 1 heterocycles. The van der Waals surface area contributed by atoms with Crippen molar-refractivity contribution in [2.75, 3.05) is 0 Å². The molecule has 136 valence electrons. The Kier molecular flexibility index (Phi) is 4.69. The second kappa shape index (κ2) is 6.54. The fourth-order valence-electron chi connectivity index (χ4n) is 3.13. The quantitative estimate of drug-likeness (QED) is 0.738. The fraction of sp³-hybridized carbons (Fsp3) is 0.333. The largest absolute Gasteiger partial charge is 0.325 e. The van der Waals surface area contributed by atoms with Crippen LogP contribution >= 0.6 is 15.9 Å². The Morgan fingerprint density at radius 3 is 2.31 bits per heavy atom. The van der Waals surface area contributed by atoms with Gasteiger partial charge in [-0.05, 0) is 41.2 Å². The Labute approximate surface area is 162 Å². The fourth-order valence-corrected chi connectivity index (χ4v) is 3.53. The lowest BCUT2D eigenvalue weighted by Crippen LogP contribution is -2.40. The van der Waals surface area contributed by atoms with Crippen molar-refractivity contribution in [1.29, 1.82) is 0 Å². The molecule has 0 spiro atoms. The number of carbonyl (C=O) groups excluding carboxylic acids is 2. The lowest BCUT2D eigenvalue weighted by Gasteiger charge is -2.23. The Bertz CT molecular complexity index is 855. The van der Waals surface area contributed by atoms with Gasteiger partial charge in [0.1, 0.15) is 5.54 Å². The van der Waals surface area contributed by atoms with E-state index in [1.165, 1.54) is 10.5 Å². The maximum atomic E-state index is 13.0. The minimum absolute atomic E-state index is 0.0681. The predicted molar refractivity (Wildman–Crippen MR) is 106 cm³/mol. The summed E-state index contributed by atoms with van der Waals surface area (Å²) in [7, 11) is 0. The van der Waals surface area contributed by atoms with E-state index in [9.17, 15) is 9.59 Å². The van der Waals surface area contributed by atoms with Crippen molar-refractivity contribution in [3.63, 3.8) is 0 Å². The molecule has 1 saturated heterocycles. The van der Waals surface area contributed by atoms with Crippen molar-refractivity contribution in [3.8, 4) is 0 Å². The molecule has 1 aliphatic heterocycles. The van der Waals surface area contributed by atoms with Crippen LogP contribution in [0.2, 0.25) is 0 Å². The van der Waals surface area contributed by atoms with Gasteiger partial charge in [0.05, 0.1) is 6.54 Å². The normalized spacial score (nSPS) is 20.4. The second-order valence-corrected chi connectivity index (χ2v) is 8.82. The van der Waals surface area contributed by atoms with Gasteiger partial charge >= 0.3 is 6.03 Å². The number of hydrogen-bond donors (Lipinski definition) is 1. The standard InChI is InChI=1S/C21H23BrN2O2/c1-20(2,3)15-10-8-14(9-11-15)13-24-18(25)21(4,23-19(24)26)16-6-5-7-17(22)12-16/h5-12H,13H2,1-4H3,(H,23,26)/t21-/m0/s1. The molecule has 3 amide bonds. The van der Waals surface area contributed by atoms with E-state index in [1.807, 2.05) is 36.4 Å². The molecule has 1 fully saturated rings. The number of urea groups is 1. The number of carbonyl (C=O) groups is 2. The van der Waals surface area contributed by atoms with E-state index in [1.54, 1.807) is 6.92 Å². The van der Waals surface area contributed by atoms with Crippen molar-refractivity contribution >= 4 is 27.9 Å². The van der Waals surface area contributed by atoms with Crippen LogP contribution < -0.4 is 5.32 Å². The van der Waals surface area contributed by atoms with Gasteiger partial charge in [0.2, 0.25) is 0 Å². The number of rotatable bonds is 3. The number of nitrogens with one attached hydrogen (secondary N) is 1. The van der Waals surface area contributed by atoms with Crippen molar-refractivity contribution in [3.05, 3.63) is 69.7 Å². The summed E-state index contributed by atoms with van der Waals surface area (Å²) in [5.41, 5.74) is 1.93. The SMILES string of the molecule is CC(C)(C)c1ccc(CN2C(=O)N[C@@](C)(c3cccc(Br)c3)C2=O)cc1. The molecule has 0 bridgehead atoms. The van der Waals surface area contributed by atoms with Crippen LogP contribution in [0.3, 0.4) is 0 Å². The first-order valence-electron chi connectivity index (χ1n) is 8.61. The van der Waals surface area contributed by atoms with Crippen LogP contribution in [0.15, 0.2) is 53.0 Å². The molecule has 2 aromatic rings. The summed E-state index contributed by atoms with van der Waals surface area (Å²) in [4.78, 5) is 26.8. The maximum Gasteiger partial charge on any atom is 0.325 e. The molecule has 3 rings (SSSR count). The van der Waals surface area contributed by atoms with Gasteiger partial charge in [-0.15, -0.1) is 0 Å². The molecule has 0 aliphatic carbocycles. The predicted octanol–water partition coefficient (Wildman–Crippen LogP) is 4.71. The minimum Gasteiger partial charge on any atom is -0.319 e. The Morgan fingerprint density at radius 1 is 1.08 bits per heavy atom. The zero-order chi connectivity index (χ0) is 19.1. The van der Waals surface area contributed by atoms with Crippen LogP contribution in [-0.2, 0) is 22.3 Å². The number of halogens is 1. The molecular weight excluding hydrogens is 392 g/mol. The van der Waals surface area contributed by atoms with Gasteiger partial charge in [0.25, 0.3) is 5.91 Å². The Balaban J connectivity index is 1.83. The van der Waals surface area contributed by atoms with Gasteiger partial charge in [-0.3, -0.25) is 9.69 Å². The van der Waals surface area contributed by atoms with Gasteiger partial charge in [-0.25, -0.2) is 4.79 Å². The molecule has 0 radical (unpaired) electrons. The third-order valence-electron chi connectivity index (χ3n) is 4.84. The van der Waals surface area contributed by atoms with Crippen molar-refractivity contribution in [1.82, 2.24) is 10.2 Å². The van der Waals surface area contributed by atoms with Crippen molar-refractivity contribution < 1.29 is 9.59 Å². The highest BCUT2D eigenvalue weighted by atomic mass is 79.9. The average molecular weight is 415 g/mol. The van der Waals surface area contributed by atoms with Crippen LogP contribution in [0.4, 0.5) is 4.79 Å². The van der Waals surface area contributed by atoms with E-state index in [4.69, 9.17) is 0 Å². The highest BCUT2D eigenvalue weighted by Gasteiger charge is 2.48. The lowest BCUT2D eigenvalue weighted by atomic mass is 9.86. The molecule has 0 saturated carbocycles. The van der Waals surface area contributed by atoms with Crippen LogP contribution in [0.5, 0.6) is 0 Å². The van der Waals surface area contributed by atoms with Crippen LogP contribution in [-0.4, -0.2) is 16.8 Å². The second-order valence-electron chi connectivity index (χ2n) is 7.90. The number of hydrogen-bond acceptors (Lipinski definition) is 2. The third-order valence-corrected chi connectivity index (χ3v) is 5.33. The molecule has 1 N–H and O–H groups in total. The van der Waals surface area contributed by atoms with Gasteiger partial charge in [0.15, 0.2) is 0 Å². The van der Waals surface area contributed by atoms with E-state index in [2.05, 4.69) is 54.2 Å². The summed E-state index contributed by atoms with van der Waals surface area (Å²) in [6.45, 7) is 8.48. The smallest absolute Gasteiger partial charge is 0.319 e. The van der Waals surface area contributed by atoms with E-state index < -0.39 is 5.54 Å². The zero-order valence-electron chi connectivity index (χ0n) is 15.5. The Morgan fingerprint density at radius 2 is 1.73 bits per heavy atom. The van der Waals surface area contributed by atoms with E-state index >= 15 is 0 Å². The number of benzene rings is 2. The lowest BCUT2D eigenvalue weighted by molar-refractivity contribution is -0.131. The van der Waals surface area contributed by atoms with E-state index in [0.717, 1.165) is 15.6 Å². The summed E-state index contributed by atoms with van der Waals surface area (Å²) in [5.74, 6) is -0.236. The van der Waals surface area contributed by atoms with Crippen LogP contribution in [0.25, 0.3) is 0 Å². The zero-order valence-corrected chi connectivity index (χ0v) is 17.1. The van der Waals surface area contributed by atoms with Crippen LogP contribution in [0, 0.1) is 0 Å². The summed E-state index contributed by atoms with van der Waals surface area (Å²) in [5, 5.41) is 2.85. The number of nitrogens with zero attached hydrogens (tertiary/aromatic N) is 1. The molecule has 4 nitrogen and oxygen atoms in total. The van der Waals surface area contributed by atoms with E-state index in [0.29, 0.717) is 0 Å². The van der Waals surface area contributed by atoms with E-state index in [-0.39, 0.29) is 23.9 Å². The molecule has 2 aromatic carbocycles. The van der Waals surface area contributed by atoms with Gasteiger partial charge in [0, 0.05) is 4.47 Å². The first-order valence-corrected chi connectivity index (χ1v) is 9.40. The highest BCUT2D eigenvalue weighted by Crippen LogP contribution is 2.31. The van der Waals surface area contributed by atoms with Crippen molar-refractivity contribution in [2.45, 2.75) is 45.2 Å². The number of amides is 3. The van der Waals surface area contributed by atoms with Crippen molar-refractivity contribution in [2.24, 2.45) is 0 Å². The maximum absolute atomic E-state index is 13.0. The Hall–Kier alpha value is -2.14. The molecule has 0 aromatic heterocycles. The highest BCUT2D eigenvalue weighted by molar-refractivity contribution is 9.10.